The lowest BCUT2D eigenvalue weighted by atomic mass is 10.1. The first kappa shape index (κ1) is 15.3. The molecule has 0 aliphatic carbocycles. The van der Waals surface area contributed by atoms with Crippen molar-refractivity contribution in [1.29, 1.82) is 0 Å². The Bertz CT molecular complexity index is 479. The minimum atomic E-state index is 0.0387. The van der Waals surface area contributed by atoms with E-state index in [1.54, 1.807) is 30.8 Å². The highest BCUT2D eigenvalue weighted by Gasteiger charge is 2.15. The quantitative estimate of drug-likeness (QED) is 0.801. The number of carbonyl (C=O) groups is 1. The van der Waals surface area contributed by atoms with Crippen molar-refractivity contribution < 1.29 is 4.79 Å². The molecular weight excluding hydrogens is 288 g/mol. The molecule has 0 unspecified atom stereocenters. The van der Waals surface area contributed by atoms with Crippen molar-refractivity contribution in [1.82, 2.24) is 9.80 Å². The molecule has 5 heteroatoms. The number of likely N-dealkylation sites (tertiary alicyclic amines) is 1. The van der Waals surface area contributed by atoms with Gasteiger partial charge in [0.1, 0.15) is 4.32 Å². The van der Waals surface area contributed by atoms with Crippen molar-refractivity contribution in [2.75, 3.05) is 27.2 Å². The van der Waals surface area contributed by atoms with Gasteiger partial charge in [-0.15, -0.1) is 0 Å². The van der Waals surface area contributed by atoms with Crippen molar-refractivity contribution in [3.63, 3.8) is 0 Å². The lowest BCUT2D eigenvalue weighted by Crippen LogP contribution is -2.23. The maximum absolute atomic E-state index is 11.8. The number of carbonyl (C=O) groups excluding carboxylic acids is 1. The number of rotatable bonds is 3. The minimum absolute atomic E-state index is 0.0387. The molecule has 1 fully saturated rings. The zero-order chi connectivity index (χ0) is 14.5. The van der Waals surface area contributed by atoms with Crippen LogP contribution in [-0.4, -0.2) is 47.2 Å². The Morgan fingerprint density at radius 3 is 2.40 bits per heavy atom. The van der Waals surface area contributed by atoms with Gasteiger partial charge in [-0.25, -0.2) is 0 Å². The maximum atomic E-state index is 11.8. The van der Waals surface area contributed by atoms with E-state index in [-0.39, 0.29) is 5.91 Å². The van der Waals surface area contributed by atoms with Gasteiger partial charge < -0.3 is 9.80 Å². The predicted molar refractivity (Wildman–Crippen MR) is 89.2 cm³/mol. The van der Waals surface area contributed by atoms with Gasteiger partial charge >= 0.3 is 0 Å². The highest BCUT2D eigenvalue weighted by atomic mass is 32.2. The molecule has 20 heavy (non-hydrogen) atoms. The van der Waals surface area contributed by atoms with E-state index in [1.807, 2.05) is 24.3 Å². The van der Waals surface area contributed by atoms with Crippen molar-refractivity contribution in [3.05, 3.63) is 35.4 Å². The third kappa shape index (κ3) is 3.96. The first-order valence-electron chi connectivity index (χ1n) is 6.80. The van der Waals surface area contributed by atoms with Gasteiger partial charge in [0.05, 0.1) is 0 Å². The lowest BCUT2D eigenvalue weighted by molar-refractivity contribution is 0.0827. The van der Waals surface area contributed by atoms with Crippen LogP contribution >= 0.6 is 24.0 Å². The molecule has 2 rings (SSSR count). The Hall–Kier alpha value is -1.07. The Labute approximate surface area is 130 Å². The van der Waals surface area contributed by atoms with Crippen LogP contribution in [0, 0.1) is 0 Å². The lowest BCUT2D eigenvalue weighted by Gasteiger charge is -2.17. The monoisotopic (exact) mass is 308 g/mol. The second-order valence-corrected chi connectivity index (χ2v) is 6.75. The highest BCUT2D eigenvalue weighted by Crippen LogP contribution is 2.20. The first-order chi connectivity index (χ1) is 9.58. The smallest absolute Gasteiger partial charge is 0.253 e. The fraction of sp³-hybridized carbons (Fsp3) is 0.467. The van der Waals surface area contributed by atoms with Crippen molar-refractivity contribution in [2.24, 2.45) is 0 Å². The molecule has 0 spiro atoms. The Kier molecular flexibility index (Phi) is 5.43. The molecule has 0 atom stereocenters. The zero-order valence-electron chi connectivity index (χ0n) is 12.0. The standard InChI is InChI=1S/C15H20N2OS2/c1-16(2)14(18)13-7-5-12(6-8-13)11-20-15(19)17-9-3-4-10-17/h5-8H,3-4,9-11H2,1-2H3. The van der Waals surface area contributed by atoms with Crippen molar-refractivity contribution >= 4 is 34.2 Å². The molecule has 0 bridgehead atoms. The summed E-state index contributed by atoms with van der Waals surface area (Å²) < 4.78 is 0.996. The van der Waals surface area contributed by atoms with Crippen LogP contribution in [0.15, 0.2) is 24.3 Å². The molecular formula is C15H20N2OS2. The van der Waals surface area contributed by atoms with Crippen LogP contribution in [0.2, 0.25) is 0 Å². The van der Waals surface area contributed by atoms with E-state index in [4.69, 9.17) is 12.2 Å². The topological polar surface area (TPSA) is 23.6 Å². The number of benzene rings is 1. The van der Waals surface area contributed by atoms with Gasteiger partial charge in [-0.1, -0.05) is 36.1 Å². The molecule has 0 radical (unpaired) electrons. The molecule has 1 aliphatic rings. The van der Waals surface area contributed by atoms with Gasteiger partial charge in [0.2, 0.25) is 0 Å². The first-order valence-corrected chi connectivity index (χ1v) is 8.19. The van der Waals surface area contributed by atoms with E-state index in [9.17, 15) is 4.79 Å². The molecule has 3 nitrogen and oxygen atoms in total. The SMILES string of the molecule is CN(C)C(=O)c1ccc(CSC(=S)N2CCCC2)cc1. The average molecular weight is 308 g/mol. The Balaban J connectivity index is 1.87. The maximum Gasteiger partial charge on any atom is 0.253 e. The number of hydrogen-bond donors (Lipinski definition) is 0. The van der Waals surface area contributed by atoms with Gasteiger partial charge in [-0.3, -0.25) is 4.79 Å². The summed E-state index contributed by atoms with van der Waals surface area (Å²) in [5.41, 5.74) is 1.93. The summed E-state index contributed by atoms with van der Waals surface area (Å²) in [6.07, 6.45) is 2.50. The molecule has 1 saturated heterocycles. The van der Waals surface area contributed by atoms with E-state index in [0.717, 1.165) is 28.7 Å². The van der Waals surface area contributed by atoms with E-state index >= 15 is 0 Å². The molecule has 0 aromatic heterocycles. The summed E-state index contributed by atoms with van der Waals surface area (Å²) in [6, 6.07) is 7.79. The third-order valence-corrected chi connectivity index (χ3v) is 4.93. The summed E-state index contributed by atoms with van der Waals surface area (Å²) in [6.45, 7) is 2.20. The zero-order valence-corrected chi connectivity index (χ0v) is 13.6. The van der Waals surface area contributed by atoms with Crippen LogP contribution in [-0.2, 0) is 5.75 Å². The molecule has 108 valence electrons. The van der Waals surface area contributed by atoms with Crippen LogP contribution < -0.4 is 0 Å². The van der Waals surface area contributed by atoms with Crippen LogP contribution in [0.3, 0.4) is 0 Å². The van der Waals surface area contributed by atoms with Crippen molar-refractivity contribution in [3.8, 4) is 0 Å². The summed E-state index contributed by atoms with van der Waals surface area (Å²) in [5.74, 6) is 0.906. The van der Waals surface area contributed by atoms with E-state index in [2.05, 4.69) is 4.90 Å². The number of amides is 1. The predicted octanol–water partition coefficient (Wildman–Crippen LogP) is 3.00. The normalized spacial score (nSPS) is 14.4. The summed E-state index contributed by atoms with van der Waals surface area (Å²) in [4.78, 5) is 15.7. The van der Waals surface area contributed by atoms with E-state index in [1.165, 1.54) is 18.4 Å². The van der Waals surface area contributed by atoms with Crippen LogP contribution in [0.4, 0.5) is 0 Å². The molecule has 1 aliphatic heterocycles. The summed E-state index contributed by atoms with van der Waals surface area (Å²) in [7, 11) is 3.53. The number of hydrogen-bond acceptors (Lipinski definition) is 3. The molecule has 1 heterocycles. The van der Waals surface area contributed by atoms with E-state index in [0.29, 0.717) is 0 Å². The Morgan fingerprint density at radius 1 is 1.25 bits per heavy atom. The van der Waals surface area contributed by atoms with Crippen LogP contribution in [0.5, 0.6) is 0 Å². The van der Waals surface area contributed by atoms with Gasteiger partial charge in [0.25, 0.3) is 5.91 Å². The second-order valence-electron chi connectivity index (χ2n) is 5.15. The third-order valence-electron chi connectivity index (χ3n) is 3.33. The largest absolute Gasteiger partial charge is 0.358 e. The fourth-order valence-electron chi connectivity index (χ4n) is 2.14. The van der Waals surface area contributed by atoms with Gasteiger partial charge in [-0.2, -0.15) is 0 Å². The highest BCUT2D eigenvalue weighted by molar-refractivity contribution is 8.22. The van der Waals surface area contributed by atoms with Crippen molar-refractivity contribution in [2.45, 2.75) is 18.6 Å². The van der Waals surface area contributed by atoms with Crippen LogP contribution in [0.25, 0.3) is 0 Å². The second kappa shape index (κ2) is 7.09. The van der Waals surface area contributed by atoms with E-state index < -0.39 is 0 Å². The average Bonchev–Trinajstić information content (AvgIpc) is 2.98. The molecule has 0 saturated carbocycles. The van der Waals surface area contributed by atoms with Gasteiger partial charge in [0.15, 0.2) is 0 Å². The summed E-state index contributed by atoms with van der Waals surface area (Å²) in [5, 5.41) is 0. The van der Waals surface area contributed by atoms with Gasteiger partial charge in [-0.05, 0) is 30.5 Å². The van der Waals surface area contributed by atoms with Crippen LogP contribution in [0.1, 0.15) is 28.8 Å². The molecule has 0 N–H and O–H groups in total. The number of thiocarbonyl (C=S) groups is 1. The number of thioether (sulfide) groups is 1. The molecule has 1 aromatic rings. The summed E-state index contributed by atoms with van der Waals surface area (Å²) >= 11 is 7.15. The minimum Gasteiger partial charge on any atom is -0.358 e. The number of nitrogens with zero attached hydrogens (tertiary/aromatic N) is 2. The Morgan fingerprint density at radius 2 is 1.85 bits per heavy atom. The molecule has 1 amide bonds. The molecule has 1 aromatic carbocycles. The van der Waals surface area contributed by atoms with Gasteiger partial charge in [0, 0.05) is 38.5 Å². The fourth-order valence-corrected chi connectivity index (χ4v) is 3.34.